The summed E-state index contributed by atoms with van der Waals surface area (Å²) in [4.78, 5) is 0. The van der Waals surface area contributed by atoms with Gasteiger partial charge in [-0.05, 0) is 48.6 Å². The van der Waals surface area contributed by atoms with E-state index in [2.05, 4.69) is 49.4 Å². The van der Waals surface area contributed by atoms with Crippen LogP contribution < -0.4 is 0 Å². The smallest absolute Gasteiger partial charge is 0.00719 e. The number of hydrogen-bond donors (Lipinski definition) is 0. The number of benzene rings is 1. The van der Waals surface area contributed by atoms with Gasteiger partial charge in [0.15, 0.2) is 0 Å². The molecule has 18 heavy (non-hydrogen) atoms. The number of aryl methyl sites for hydroxylation is 1. The number of allylic oxidation sites excluding steroid dienone is 4. The van der Waals surface area contributed by atoms with E-state index in [4.69, 9.17) is 0 Å². The van der Waals surface area contributed by atoms with E-state index in [1.165, 1.54) is 25.7 Å². The van der Waals surface area contributed by atoms with E-state index in [0.29, 0.717) is 5.41 Å². The third-order valence-electron chi connectivity index (χ3n) is 5.44. The second kappa shape index (κ2) is 3.60. The highest BCUT2D eigenvalue weighted by Crippen LogP contribution is 2.56. The summed E-state index contributed by atoms with van der Waals surface area (Å²) in [5, 5.41) is 0. The van der Waals surface area contributed by atoms with Crippen LogP contribution in [0.1, 0.15) is 43.2 Å². The van der Waals surface area contributed by atoms with Crippen LogP contribution in [-0.2, 0) is 6.42 Å². The third kappa shape index (κ3) is 1.32. The molecule has 0 heteroatoms. The van der Waals surface area contributed by atoms with Crippen LogP contribution in [0.4, 0.5) is 0 Å². The molecule has 3 aliphatic carbocycles. The summed E-state index contributed by atoms with van der Waals surface area (Å²) in [5.41, 5.74) is 5.35. The van der Waals surface area contributed by atoms with Crippen molar-refractivity contribution in [1.29, 1.82) is 0 Å². The lowest BCUT2D eigenvalue weighted by Gasteiger charge is -2.45. The van der Waals surface area contributed by atoms with Gasteiger partial charge in [0, 0.05) is 5.41 Å². The molecule has 3 atom stereocenters. The highest BCUT2D eigenvalue weighted by Gasteiger charge is 2.43. The molecule has 0 radical (unpaired) electrons. The van der Waals surface area contributed by atoms with E-state index in [9.17, 15) is 0 Å². The second-order valence-electron chi connectivity index (χ2n) is 6.39. The predicted molar refractivity (Wildman–Crippen MR) is 75.6 cm³/mol. The van der Waals surface area contributed by atoms with Gasteiger partial charge >= 0.3 is 0 Å². The highest BCUT2D eigenvalue weighted by molar-refractivity contribution is 5.43. The second-order valence-corrected chi connectivity index (χ2v) is 6.39. The molecule has 0 spiro atoms. The Morgan fingerprint density at radius 1 is 1.11 bits per heavy atom. The van der Waals surface area contributed by atoms with Crippen LogP contribution in [-0.4, -0.2) is 0 Å². The van der Waals surface area contributed by atoms with Crippen molar-refractivity contribution in [1.82, 2.24) is 0 Å². The van der Waals surface area contributed by atoms with Crippen molar-refractivity contribution in [3.63, 3.8) is 0 Å². The lowest BCUT2D eigenvalue weighted by Crippen LogP contribution is -2.34. The van der Waals surface area contributed by atoms with Gasteiger partial charge in [0.25, 0.3) is 0 Å². The van der Waals surface area contributed by atoms with E-state index in [1.54, 1.807) is 16.7 Å². The first kappa shape index (κ1) is 10.6. The van der Waals surface area contributed by atoms with Gasteiger partial charge in [0.05, 0.1) is 0 Å². The van der Waals surface area contributed by atoms with E-state index >= 15 is 0 Å². The molecule has 0 bridgehead atoms. The number of fused-ring (bicyclic) bond motifs is 5. The lowest BCUT2D eigenvalue weighted by molar-refractivity contribution is 0.260. The third-order valence-corrected chi connectivity index (χ3v) is 5.44. The van der Waals surface area contributed by atoms with Crippen LogP contribution >= 0.6 is 0 Å². The van der Waals surface area contributed by atoms with Gasteiger partial charge in [-0.1, -0.05) is 55.0 Å². The Labute approximate surface area is 109 Å². The molecule has 3 aliphatic rings. The van der Waals surface area contributed by atoms with Crippen LogP contribution in [0.3, 0.4) is 0 Å². The molecule has 0 saturated heterocycles. The number of hydrogen-bond acceptors (Lipinski definition) is 0. The van der Waals surface area contributed by atoms with E-state index in [1.807, 2.05) is 0 Å². The van der Waals surface area contributed by atoms with Crippen molar-refractivity contribution in [3.8, 4) is 0 Å². The molecule has 0 N–H and O–H groups in total. The Hall–Kier alpha value is -1.30. The zero-order valence-electron chi connectivity index (χ0n) is 11.0. The Morgan fingerprint density at radius 3 is 2.94 bits per heavy atom. The number of rotatable bonds is 0. The van der Waals surface area contributed by atoms with Crippen molar-refractivity contribution in [3.05, 3.63) is 59.2 Å². The van der Waals surface area contributed by atoms with Gasteiger partial charge in [-0.2, -0.15) is 0 Å². The zero-order valence-corrected chi connectivity index (χ0v) is 11.0. The van der Waals surface area contributed by atoms with Crippen LogP contribution in [0.15, 0.2) is 48.1 Å². The summed E-state index contributed by atoms with van der Waals surface area (Å²) < 4.78 is 0. The molecule has 0 nitrogen and oxygen atoms in total. The summed E-state index contributed by atoms with van der Waals surface area (Å²) >= 11 is 0. The van der Waals surface area contributed by atoms with Crippen LogP contribution in [0, 0.1) is 11.3 Å². The summed E-state index contributed by atoms with van der Waals surface area (Å²) in [6, 6.07) is 9.12. The maximum atomic E-state index is 2.43. The zero-order chi connectivity index (χ0) is 12.2. The van der Waals surface area contributed by atoms with Crippen LogP contribution in [0.5, 0.6) is 0 Å². The Kier molecular flexibility index (Phi) is 2.12. The van der Waals surface area contributed by atoms with E-state index in [0.717, 1.165) is 11.8 Å². The van der Waals surface area contributed by atoms with Gasteiger partial charge in [-0.15, -0.1) is 0 Å². The maximum absolute atomic E-state index is 2.43. The standard InChI is InChI=1S/C18H20/c1-18-11-4-7-17(18)16-9-8-13-5-2-3-6-14(13)15(16)10-12-18/h2-7,11,15-16H,8-10,12H2,1H3/t15-,16-,18+/m1/s1. The summed E-state index contributed by atoms with van der Waals surface area (Å²) in [5.74, 6) is 1.59. The predicted octanol–water partition coefficient (Wildman–Crippen LogP) is 4.63. The van der Waals surface area contributed by atoms with Crippen molar-refractivity contribution in [2.24, 2.45) is 11.3 Å². The summed E-state index contributed by atoms with van der Waals surface area (Å²) in [7, 11) is 0. The average Bonchev–Trinajstić information content (AvgIpc) is 2.80. The molecule has 0 heterocycles. The normalized spacial score (nSPS) is 36.6. The maximum Gasteiger partial charge on any atom is 0.00719 e. The minimum absolute atomic E-state index is 0.382. The molecule has 0 amide bonds. The minimum atomic E-state index is 0.382. The molecule has 0 aliphatic heterocycles. The molecule has 1 fully saturated rings. The highest BCUT2D eigenvalue weighted by atomic mass is 14.5. The van der Waals surface area contributed by atoms with Gasteiger partial charge in [-0.25, -0.2) is 0 Å². The molecule has 1 aromatic carbocycles. The van der Waals surface area contributed by atoms with Crippen LogP contribution in [0.25, 0.3) is 0 Å². The van der Waals surface area contributed by atoms with Gasteiger partial charge in [-0.3, -0.25) is 0 Å². The summed E-state index contributed by atoms with van der Waals surface area (Å²) in [6.45, 7) is 2.43. The topological polar surface area (TPSA) is 0 Å². The molecular weight excluding hydrogens is 216 g/mol. The molecule has 1 saturated carbocycles. The lowest BCUT2D eigenvalue weighted by atomic mass is 9.59. The monoisotopic (exact) mass is 236 g/mol. The molecule has 4 rings (SSSR count). The van der Waals surface area contributed by atoms with Crippen molar-refractivity contribution < 1.29 is 0 Å². The molecule has 1 aromatic rings. The van der Waals surface area contributed by atoms with Crippen molar-refractivity contribution in [2.75, 3.05) is 0 Å². The van der Waals surface area contributed by atoms with E-state index < -0.39 is 0 Å². The molecule has 0 unspecified atom stereocenters. The molecule has 92 valence electrons. The first-order chi connectivity index (χ1) is 8.78. The Bertz CT molecular complexity index is 549. The first-order valence-corrected chi connectivity index (χ1v) is 7.26. The van der Waals surface area contributed by atoms with Crippen molar-refractivity contribution >= 4 is 0 Å². The molecular formula is C18H20. The summed E-state index contributed by atoms with van der Waals surface area (Å²) in [6.07, 6.45) is 12.4. The largest absolute Gasteiger partial charge is 0.0745 e. The SMILES string of the molecule is C[C@@]12C=CC=C1[C@@H]1CCc3ccccc3[C@H]1CC2. The first-order valence-electron chi connectivity index (χ1n) is 7.26. The fraction of sp³-hybridized carbons (Fsp3) is 0.444. The Balaban J connectivity index is 1.78. The average molecular weight is 236 g/mol. The van der Waals surface area contributed by atoms with Crippen molar-refractivity contribution in [2.45, 2.75) is 38.5 Å². The van der Waals surface area contributed by atoms with Gasteiger partial charge in [0.2, 0.25) is 0 Å². The van der Waals surface area contributed by atoms with Crippen LogP contribution in [0.2, 0.25) is 0 Å². The fourth-order valence-electron chi connectivity index (χ4n) is 4.46. The van der Waals surface area contributed by atoms with E-state index in [-0.39, 0.29) is 0 Å². The Morgan fingerprint density at radius 2 is 2.00 bits per heavy atom. The fourth-order valence-corrected chi connectivity index (χ4v) is 4.46. The minimum Gasteiger partial charge on any atom is -0.0745 e. The quantitative estimate of drug-likeness (QED) is 0.616. The van der Waals surface area contributed by atoms with Gasteiger partial charge in [0.1, 0.15) is 0 Å². The van der Waals surface area contributed by atoms with Gasteiger partial charge < -0.3 is 0 Å². The molecule has 0 aromatic heterocycles.